The van der Waals surface area contributed by atoms with Crippen molar-refractivity contribution in [3.05, 3.63) is 88.9 Å². The fourth-order valence-electron chi connectivity index (χ4n) is 2.71. The summed E-state index contributed by atoms with van der Waals surface area (Å²) < 4.78 is 5.50. The lowest BCUT2D eigenvalue weighted by molar-refractivity contribution is -0.118. The van der Waals surface area contributed by atoms with Crippen LogP contribution in [-0.2, 0) is 16.0 Å². The van der Waals surface area contributed by atoms with Gasteiger partial charge in [-0.1, -0.05) is 48.0 Å². The van der Waals surface area contributed by atoms with Crippen LogP contribution in [0.4, 0.5) is 11.4 Å². The molecule has 6 heteroatoms. The van der Waals surface area contributed by atoms with Crippen molar-refractivity contribution in [1.29, 1.82) is 0 Å². The average Bonchev–Trinajstić information content (AvgIpc) is 2.70. The maximum absolute atomic E-state index is 12.2. The van der Waals surface area contributed by atoms with Crippen molar-refractivity contribution in [1.82, 2.24) is 0 Å². The van der Waals surface area contributed by atoms with E-state index in [1.807, 2.05) is 37.3 Å². The van der Waals surface area contributed by atoms with E-state index >= 15 is 0 Å². The zero-order valence-corrected chi connectivity index (χ0v) is 16.7. The van der Waals surface area contributed by atoms with E-state index in [9.17, 15) is 9.59 Å². The third-order valence-electron chi connectivity index (χ3n) is 4.14. The first-order valence-corrected chi connectivity index (χ1v) is 9.50. The van der Waals surface area contributed by atoms with Crippen molar-refractivity contribution in [2.45, 2.75) is 13.3 Å². The maximum Gasteiger partial charge on any atom is 0.262 e. The van der Waals surface area contributed by atoms with Gasteiger partial charge in [0, 0.05) is 16.4 Å². The number of nitrogens with one attached hydrogen (secondary N) is 2. The molecule has 0 aliphatic carbocycles. The molecular formula is C23H21ClN2O3. The minimum absolute atomic E-state index is 0.124. The molecule has 0 aliphatic rings. The van der Waals surface area contributed by atoms with Crippen LogP contribution >= 0.6 is 11.6 Å². The van der Waals surface area contributed by atoms with Gasteiger partial charge in [-0.3, -0.25) is 9.59 Å². The molecule has 0 atom stereocenters. The number of benzene rings is 3. The summed E-state index contributed by atoms with van der Waals surface area (Å²) in [7, 11) is 0. The van der Waals surface area contributed by atoms with Crippen LogP contribution in [0.5, 0.6) is 5.75 Å². The highest BCUT2D eigenvalue weighted by Crippen LogP contribution is 2.21. The topological polar surface area (TPSA) is 67.4 Å². The first-order chi connectivity index (χ1) is 14.0. The van der Waals surface area contributed by atoms with Crippen LogP contribution in [0.25, 0.3) is 0 Å². The lowest BCUT2D eigenvalue weighted by Gasteiger charge is -2.10. The molecule has 0 fully saturated rings. The number of aryl methyl sites for hydroxylation is 1. The summed E-state index contributed by atoms with van der Waals surface area (Å²) in [6.45, 7) is 1.73. The third kappa shape index (κ3) is 6.36. The van der Waals surface area contributed by atoms with Crippen molar-refractivity contribution in [2.75, 3.05) is 17.2 Å². The molecule has 29 heavy (non-hydrogen) atoms. The number of halogens is 1. The van der Waals surface area contributed by atoms with Gasteiger partial charge in [-0.05, 0) is 54.4 Å². The van der Waals surface area contributed by atoms with Crippen LogP contribution in [-0.4, -0.2) is 18.4 Å². The highest BCUT2D eigenvalue weighted by atomic mass is 35.5. The van der Waals surface area contributed by atoms with Gasteiger partial charge >= 0.3 is 0 Å². The number of anilines is 2. The smallest absolute Gasteiger partial charge is 0.262 e. The predicted octanol–water partition coefficient (Wildman–Crippen LogP) is 4.85. The number of ether oxygens (including phenoxy) is 1. The van der Waals surface area contributed by atoms with Gasteiger partial charge < -0.3 is 15.4 Å². The minimum Gasteiger partial charge on any atom is -0.484 e. The number of hydrogen-bond donors (Lipinski definition) is 2. The van der Waals surface area contributed by atoms with E-state index in [0.717, 1.165) is 11.1 Å². The summed E-state index contributed by atoms with van der Waals surface area (Å²) in [4.78, 5) is 24.4. The molecular weight excluding hydrogens is 388 g/mol. The summed E-state index contributed by atoms with van der Waals surface area (Å²) in [6.07, 6.45) is 0.284. The van der Waals surface area contributed by atoms with E-state index in [0.29, 0.717) is 22.1 Å². The van der Waals surface area contributed by atoms with Crippen LogP contribution in [0.15, 0.2) is 72.8 Å². The number of hydrogen-bond acceptors (Lipinski definition) is 3. The Morgan fingerprint density at radius 2 is 1.55 bits per heavy atom. The molecule has 2 amide bonds. The molecule has 3 rings (SSSR count). The molecule has 0 saturated heterocycles. The number of amides is 2. The Hall–Kier alpha value is -3.31. The number of rotatable bonds is 7. The quantitative estimate of drug-likeness (QED) is 0.587. The lowest BCUT2D eigenvalue weighted by atomic mass is 10.1. The molecule has 0 unspecified atom stereocenters. The van der Waals surface area contributed by atoms with Gasteiger partial charge in [0.1, 0.15) is 5.75 Å². The molecule has 5 nitrogen and oxygen atoms in total. The molecule has 0 aliphatic heterocycles. The van der Waals surface area contributed by atoms with E-state index in [4.69, 9.17) is 16.3 Å². The first-order valence-electron chi connectivity index (χ1n) is 9.12. The second-order valence-electron chi connectivity index (χ2n) is 6.54. The fraction of sp³-hybridized carbons (Fsp3) is 0.130. The number of carbonyl (C=O) groups excluding carboxylic acids is 2. The van der Waals surface area contributed by atoms with Gasteiger partial charge in [0.05, 0.1) is 6.42 Å². The largest absolute Gasteiger partial charge is 0.484 e. The van der Waals surface area contributed by atoms with Crippen LogP contribution in [0.1, 0.15) is 11.1 Å². The van der Waals surface area contributed by atoms with Gasteiger partial charge in [-0.15, -0.1) is 0 Å². The van der Waals surface area contributed by atoms with Crippen molar-refractivity contribution in [3.63, 3.8) is 0 Å². The first kappa shape index (κ1) is 20.4. The normalized spacial score (nSPS) is 10.3. The van der Waals surface area contributed by atoms with Crippen LogP contribution < -0.4 is 15.4 Å². The molecule has 0 bridgehead atoms. The maximum atomic E-state index is 12.2. The molecule has 0 radical (unpaired) electrons. The molecule has 3 aromatic rings. The summed E-state index contributed by atoms with van der Waals surface area (Å²) in [6, 6.07) is 21.7. The van der Waals surface area contributed by atoms with Gasteiger partial charge in [-0.2, -0.15) is 0 Å². The van der Waals surface area contributed by atoms with Crippen LogP contribution in [0.3, 0.4) is 0 Å². The average molecular weight is 409 g/mol. The highest BCUT2D eigenvalue weighted by molar-refractivity contribution is 6.31. The molecule has 0 heterocycles. The minimum atomic E-state index is -0.301. The van der Waals surface area contributed by atoms with Crippen LogP contribution in [0.2, 0.25) is 5.02 Å². The molecule has 0 spiro atoms. The van der Waals surface area contributed by atoms with Gasteiger partial charge in [0.15, 0.2) is 6.61 Å². The van der Waals surface area contributed by atoms with Gasteiger partial charge in [0.25, 0.3) is 5.91 Å². The van der Waals surface area contributed by atoms with E-state index in [-0.39, 0.29) is 24.8 Å². The zero-order valence-electron chi connectivity index (χ0n) is 15.9. The molecule has 0 saturated carbocycles. The Morgan fingerprint density at radius 1 is 0.862 bits per heavy atom. The van der Waals surface area contributed by atoms with E-state index in [2.05, 4.69) is 10.6 Å². The molecule has 0 aromatic heterocycles. The Bertz CT molecular complexity index is 1010. The summed E-state index contributed by atoms with van der Waals surface area (Å²) in [5, 5.41) is 6.25. The Labute approximate surface area is 174 Å². The zero-order chi connectivity index (χ0) is 20.6. The summed E-state index contributed by atoms with van der Waals surface area (Å²) in [5.41, 5.74) is 2.99. The predicted molar refractivity (Wildman–Crippen MR) is 116 cm³/mol. The Morgan fingerprint density at radius 3 is 2.24 bits per heavy atom. The summed E-state index contributed by atoms with van der Waals surface area (Å²) >= 11 is 5.98. The SMILES string of the molecule is Cc1cc(OCC(=O)Nc2cccc(NC(=O)Cc3ccccc3)c2)ccc1Cl. The Balaban J connectivity index is 1.52. The van der Waals surface area contributed by atoms with Crippen LogP contribution in [0, 0.1) is 6.92 Å². The second kappa shape index (κ2) is 9.75. The monoisotopic (exact) mass is 408 g/mol. The number of carbonyl (C=O) groups is 2. The summed E-state index contributed by atoms with van der Waals surface area (Å²) in [5.74, 6) is 0.149. The van der Waals surface area contributed by atoms with Gasteiger partial charge in [0.2, 0.25) is 5.91 Å². The molecule has 2 N–H and O–H groups in total. The highest BCUT2D eigenvalue weighted by Gasteiger charge is 2.07. The van der Waals surface area contributed by atoms with Crippen molar-refractivity contribution in [2.24, 2.45) is 0 Å². The van der Waals surface area contributed by atoms with Crippen molar-refractivity contribution < 1.29 is 14.3 Å². The lowest BCUT2D eigenvalue weighted by Crippen LogP contribution is -2.20. The molecule has 3 aromatic carbocycles. The third-order valence-corrected chi connectivity index (χ3v) is 4.56. The van der Waals surface area contributed by atoms with Gasteiger partial charge in [-0.25, -0.2) is 0 Å². The standard InChI is InChI=1S/C23H21ClN2O3/c1-16-12-20(10-11-21(16)24)29-15-23(28)26-19-9-5-8-18(14-19)25-22(27)13-17-6-3-2-4-7-17/h2-12,14H,13,15H2,1H3,(H,25,27)(H,26,28). The van der Waals surface area contributed by atoms with E-state index in [1.54, 1.807) is 42.5 Å². The fourth-order valence-corrected chi connectivity index (χ4v) is 2.83. The van der Waals surface area contributed by atoms with E-state index < -0.39 is 0 Å². The molecule has 148 valence electrons. The van der Waals surface area contributed by atoms with Crippen molar-refractivity contribution >= 4 is 34.8 Å². The van der Waals surface area contributed by atoms with E-state index in [1.165, 1.54) is 0 Å². The van der Waals surface area contributed by atoms with Crippen molar-refractivity contribution in [3.8, 4) is 5.75 Å². The Kier molecular flexibility index (Phi) is 6.87. The second-order valence-corrected chi connectivity index (χ2v) is 6.95.